The molecule has 0 aliphatic carbocycles. The summed E-state index contributed by atoms with van der Waals surface area (Å²) in [7, 11) is 0. The van der Waals surface area contributed by atoms with E-state index in [4.69, 9.17) is 4.74 Å². The fraction of sp³-hybridized carbons (Fsp3) is 0.462. The van der Waals surface area contributed by atoms with Crippen LogP contribution >= 0.6 is 0 Å². The van der Waals surface area contributed by atoms with Crippen LogP contribution in [-0.2, 0) is 6.42 Å². The van der Waals surface area contributed by atoms with Crippen molar-refractivity contribution in [2.45, 2.75) is 39.7 Å². The first-order valence-corrected chi connectivity index (χ1v) is 5.46. The van der Waals surface area contributed by atoms with Crippen LogP contribution in [0.25, 0.3) is 0 Å². The molecule has 1 aromatic carbocycles. The second-order valence-electron chi connectivity index (χ2n) is 3.68. The quantitative estimate of drug-likeness (QED) is 0.691. The van der Waals surface area contributed by atoms with E-state index in [1.54, 1.807) is 6.07 Å². The third kappa shape index (κ3) is 3.08. The van der Waals surface area contributed by atoms with Crippen molar-refractivity contribution in [2.24, 2.45) is 0 Å². The monoisotopic (exact) mass is 206 g/mol. The smallest absolute Gasteiger partial charge is 0.150 e. The zero-order valence-electron chi connectivity index (χ0n) is 9.62. The Hall–Kier alpha value is -1.31. The minimum absolute atomic E-state index is 0.220. The molecule has 0 heterocycles. The van der Waals surface area contributed by atoms with Crippen molar-refractivity contribution in [2.75, 3.05) is 0 Å². The van der Waals surface area contributed by atoms with Crippen molar-refractivity contribution in [3.63, 3.8) is 0 Å². The Morgan fingerprint density at radius 2 is 2.13 bits per heavy atom. The minimum atomic E-state index is 0.220. The average molecular weight is 206 g/mol. The molecule has 82 valence electrons. The highest BCUT2D eigenvalue weighted by Gasteiger charge is 2.06. The molecular formula is C13H18O2. The van der Waals surface area contributed by atoms with E-state index >= 15 is 0 Å². The third-order valence-corrected chi connectivity index (χ3v) is 2.50. The van der Waals surface area contributed by atoms with Crippen LogP contribution < -0.4 is 4.74 Å². The van der Waals surface area contributed by atoms with Gasteiger partial charge in [-0.15, -0.1) is 0 Å². The molecule has 2 heteroatoms. The summed E-state index contributed by atoms with van der Waals surface area (Å²) in [6.07, 6.45) is 2.95. The van der Waals surface area contributed by atoms with Gasteiger partial charge in [-0.25, -0.2) is 0 Å². The van der Waals surface area contributed by atoms with E-state index in [1.165, 1.54) is 0 Å². The van der Waals surface area contributed by atoms with Crippen molar-refractivity contribution in [3.05, 3.63) is 29.3 Å². The summed E-state index contributed by atoms with van der Waals surface area (Å²) in [5.74, 6) is 0.900. The van der Waals surface area contributed by atoms with Crippen LogP contribution in [-0.4, -0.2) is 12.4 Å². The molecule has 0 amide bonds. The lowest BCUT2D eigenvalue weighted by molar-refractivity contribution is 0.112. The highest BCUT2D eigenvalue weighted by atomic mass is 16.5. The van der Waals surface area contributed by atoms with Crippen LogP contribution in [0.4, 0.5) is 0 Å². The SMILES string of the molecule is CCc1cc(C=O)ccc1OC(C)CC. The zero-order valence-corrected chi connectivity index (χ0v) is 9.62. The van der Waals surface area contributed by atoms with Gasteiger partial charge in [0.2, 0.25) is 0 Å². The van der Waals surface area contributed by atoms with E-state index in [0.717, 1.165) is 30.4 Å². The van der Waals surface area contributed by atoms with Gasteiger partial charge >= 0.3 is 0 Å². The van der Waals surface area contributed by atoms with Gasteiger partial charge in [0.05, 0.1) is 6.10 Å². The Bertz CT molecular complexity index is 331. The van der Waals surface area contributed by atoms with E-state index in [2.05, 4.69) is 13.8 Å². The molecule has 0 aliphatic rings. The Labute approximate surface area is 91.3 Å². The summed E-state index contributed by atoms with van der Waals surface area (Å²) in [6.45, 7) is 6.20. The molecule has 0 aliphatic heterocycles. The number of rotatable bonds is 5. The summed E-state index contributed by atoms with van der Waals surface area (Å²) in [5, 5.41) is 0. The molecular weight excluding hydrogens is 188 g/mol. The highest BCUT2D eigenvalue weighted by molar-refractivity contribution is 5.75. The molecule has 15 heavy (non-hydrogen) atoms. The number of benzene rings is 1. The predicted molar refractivity (Wildman–Crippen MR) is 61.6 cm³/mol. The van der Waals surface area contributed by atoms with Crippen molar-refractivity contribution >= 4 is 6.29 Å². The van der Waals surface area contributed by atoms with E-state index in [1.807, 2.05) is 19.1 Å². The Morgan fingerprint density at radius 1 is 1.40 bits per heavy atom. The Morgan fingerprint density at radius 3 is 2.67 bits per heavy atom. The normalized spacial score (nSPS) is 12.2. The van der Waals surface area contributed by atoms with Crippen LogP contribution in [0.5, 0.6) is 5.75 Å². The average Bonchev–Trinajstić information content (AvgIpc) is 2.29. The zero-order chi connectivity index (χ0) is 11.3. The van der Waals surface area contributed by atoms with Crippen molar-refractivity contribution in [1.29, 1.82) is 0 Å². The maximum absolute atomic E-state index is 10.6. The lowest BCUT2D eigenvalue weighted by Crippen LogP contribution is -2.11. The van der Waals surface area contributed by atoms with Gasteiger partial charge in [0.25, 0.3) is 0 Å². The molecule has 1 unspecified atom stereocenters. The first kappa shape index (κ1) is 11.8. The molecule has 1 rings (SSSR count). The molecule has 0 aromatic heterocycles. The summed E-state index contributed by atoms with van der Waals surface area (Å²) in [5.41, 5.74) is 1.81. The number of hydrogen-bond donors (Lipinski definition) is 0. The van der Waals surface area contributed by atoms with Gasteiger partial charge < -0.3 is 4.74 Å². The van der Waals surface area contributed by atoms with Gasteiger partial charge in [-0.05, 0) is 43.5 Å². The summed E-state index contributed by atoms with van der Waals surface area (Å²) >= 11 is 0. The first-order chi connectivity index (χ1) is 7.21. The summed E-state index contributed by atoms with van der Waals surface area (Å²) < 4.78 is 5.77. The molecule has 0 spiro atoms. The molecule has 0 N–H and O–H groups in total. The first-order valence-electron chi connectivity index (χ1n) is 5.46. The van der Waals surface area contributed by atoms with Gasteiger partial charge in [-0.3, -0.25) is 4.79 Å². The largest absolute Gasteiger partial charge is 0.490 e. The van der Waals surface area contributed by atoms with Crippen LogP contribution in [0.1, 0.15) is 43.1 Å². The third-order valence-electron chi connectivity index (χ3n) is 2.50. The molecule has 2 nitrogen and oxygen atoms in total. The predicted octanol–water partition coefficient (Wildman–Crippen LogP) is 3.24. The molecule has 1 atom stereocenters. The van der Waals surface area contributed by atoms with Gasteiger partial charge in [-0.2, -0.15) is 0 Å². The Balaban J connectivity index is 2.92. The fourth-order valence-corrected chi connectivity index (χ4v) is 1.36. The second-order valence-corrected chi connectivity index (χ2v) is 3.68. The number of carbonyl (C=O) groups excluding carboxylic acids is 1. The van der Waals surface area contributed by atoms with E-state index in [9.17, 15) is 4.79 Å². The molecule has 0 fully saturated rings. The van der Waals surface area contributed by atoms with Gasteiger partial charge in [0.1, 0.15) is 12.0 Å². The van der Waals surface area contributed by atoms with Crippen LogP contribution in [0.2, 0.25) is 0 Å². The molecule has 0 bridgehead atoms. The molecule has 1 aromatic rings. The molecule has 0 radical (unpaired) electrons. The second kappa shape index (κ2) is 5.54. The summed E-state index contributed by atoms with van der Waals surface area (Å²) in [6, 6.07) is 5.57. The number of ether oxygens (including phenoxy) is 1. The van der Waals surface area contributed by atoms with E-state index in [-0.39, 0.29) is 6.10 Å². The van der Waals surface area contributed by atoms with Crippen molar-refractivity contribution in [1.82, 2.24) is 0 Å². The lowest BCUT2D eigenvalue weighted by atomic mass is 10.1. The van der Waals surface area contributed by atoms with Crippen molar-refractivity contribution in [3.8, 4) is 5.75 Å². The van der Waals surface area contributed by atoms with Gasteiger partial charge in [0, 0.05) is 5.56 Å². The number of aryl methyl sites for hydroxylation is 1. The maximum Gasteiger partial charge on any atom is 0.150 e. The van der Waals surface area contributed by atoms with Crippen LogP contribution in [0.3, 0.4) is 0 Å². The molecule has 0 saturated heterocycles. The molecule has 0 saturated carbocycles. The van der Waals surface area contributed by atoms with Gasteiger partial charge in [-0.1, -0.05) is 13.8 Å². The van der Waals surface area contributed by atoms with E-state index in [0.29, 0.717) is 5.56 Å². The highest BCUT2D eigenvalue weighted by Crippen LogP contribution is 2.22. The Kier molecular flexibility index (Phi) is 4.35. The lowest BCUT2D eigenvalue weighted by Gasteiger charge is -2.15. The topological polar surface area (TPSA) is 26.3 Å². The standard InChI is InChI=1S/C13H18O2/c1-4-10(3)15-13-7-6-11(9-14)8-12(13)5-2/h6-10H,4-5H2,1-3H3. The van der Waals surface area contributed by atoms with E-state index < -0.39 is 0 Å². The van der Waals surface area contributed by atoms with Crippen molar-refractivity contribution < 1.29 is 9.53 Å². The van der Waals surface area contributed by atoms with Crippen LogP contribution in [0.15, 0.2) is 18.2 Å². The number of aldehydes is 1. The summed E-state index contributed by atoms with van der Waals surface area (Å²) in [4.78, 5) is 10.6. The fourth-order valence-electron chi connectivity index (χ4n) is 1.36. The number of carbonyl (C=O) groups is 1. The minimum Gasteiger partial charge on any atom is -0.490 e. The number of hydrogen-bond acceptors (Lipinski definition) is 2. The maximum atomic E-state index is 10.6. The van der Waals surface area contributed by atoms with Crippen LogP contribution in [0, 0.1) is 0 Å². The van der Waals surface area contributed by atoms with Gasteiger partial charge in [0.15, 0.2) is 0 Å².